The summed E-state index contributed by atoms with van der Waals surface area (Å²) in [5, 5.41) is 0.763. The highest BCUT2D eigenvalue weighted by Crippen LogP contribution is 2.27. The summed E-state index contributed by atoms with van der Waals surface area (Å²) >= 11 is 8.19. The molecule has 1 aromatic carbocycles. The SMILES string of the molecule is CCOc1cc(C)c(I)c(Cl)c1. The van der Waals surface area contributed by atoms with E-state index in [-0.39, 0.29) is 0 Å². The molecule has 0 spiro atoms. The minimum Gasteiger partial charge on any atom is -0.494 e. The molecule has 12 heavy (non-hydrogen) atoms. The Morgan fingerprint density at radius 2 is 2.17 bits per heavy atom. The van der Waals surface area contributed by atoms with Crippen LogP contribution in [-0.2, 0) is 0 Å². The molecule has 66 valence electrons. The van der Waals surface area contributed by atoms with E-state index in [1.807, 2.05) is 26.0 Å². The Morgan fingerprint density at radius 1 is 1.50 bits per heavy atom. The Hall–Kier alpha value is 0.0400. The molecule has 0 radical (unpaired) electrons. The summed E-state index contributed by atoms with van der Waals surface area (Å²) in [6.45, 7) is 4.66. The highest BCUT2D eigenvalue weighted by atomic mass is 127. The van der Waals surface area contributed by atoms with Crippen molar-refractivity contribution in [3.05, 3.63) is 26.3 Å². The van der Waals surface area contributed by atoms with Gasteiger partial charge < -0.3 is 4.74 Å². The van der Waals surface area contributed by atoms with Crippen molar-refractivity contribution in [1.82, 2.24) is 0 Å². The molecule has 0 aliphatic rings. The van der Waals surface area contributed by atoms with Gasteiger partial charge in [-0.3, -0.25) is 0 Å². The smallest absolute Gasteiger partial charge is 0.121 e. The first-order valence-corrected chi connectivity index (χ1v) is 5.19. The van der Waals surface area contributed by atoms with Crippen molar-refractivity contribution in [1.29, 1.82) is 0 Å². The summed E-state index contributed by atoms with van der Waals surface area (Å²) in [6.07, 6.45) is 0. The number of hydrogen-bond acceptors (Lipinski definition) is 1. The fourth-order valence-electron chi connectivity index (χ4n) is 0.945. The number of halogens is 2. The second-order valence-corrected chi connectivity index (χ2v) is 3.95. The Bertz CT molecular complexity index is 263. The molecule has 1 nitrogen and oxygen atoms in total. The average Bonchev–Trinajstić information content (AvgIpc) is 2.01. The second kappa shape index (κ2) is 4.33. The van der Waals surface area contributed by atoms with E-state index in [2.05, 4.69) is 22.6 Å². The Labute approximate surface area is 91.2 Å². The molecule has 0 unspecified atom stereocenters. The normalized spacial score (nSPS) is 10.0. The van der Waals surface area contributed by atoms with E-state index in [0.29, 0.717) is 6.61 Å². The number of hydrogen-bond donors (Lipinski definition) is 0. The monoisotopic (exact) mass is 296 g/mol. The third-order valence-corrected chi connectivity index (χ3v) is 3.54. The zero-order valence-corrected chi connectivity index (χ0v) is 9.94. The third-order valence-electron chi connectivity index (χ3n) is 1.49. The van der Waals surface area contributed by atoms with Crippen molar-refractivity contribution in [2.45, 2.75) is 13.8 Å². The lowest BCUT2D eigenvalue weighted by molar-refractivity contribution is 0.340. The lowest BCUT2D eigenvalue weighted by atomic mass is 10.2. The fraction of sp³-hybridized carbons (Fsp3) is 0.333. The van der Waals surface area contributed by atoms with Gasteiger partial charge >= 0.3 is 0 Å². The van der Waals surface area contributed by atoms with Gasteiger partial charge in [0.25, 0.3) is 0 Å². The number of benzene rings is 1. The maximum absolute atomic E-state index is 5.97. The summed E-state index contributed by atoms with van der Waals surface area (Å²) in [6, 6.07) is 3.84. The molecule has 0 bridgehead atoms. The van der Waals surface area contributed by atoms with Gasteiger partial charge in [-0.05, 0) is 54.1 Å². The fourth-order valence-corrected chi connectivity index (χ4v) is 1.51. The van der Waals surface area contributed by atoms with Gasteiger partial charge in [0.05, 0.1) is 11.6 Å². The van der Waals surface area contributed by atoms with Crippen LogP contribution in [0.25, 0.3) is 0 Å². The van der Waals surface area contributed by atoms with Crippen LogP contribution < -0.4 is 4.74 Å². The lowest BCUT2D eigenvalue weighted by Crippen LogP contribution is -1.93. The van der Waals surface area contributed by atoms with E-state index in [0.717, 1.165) is 19.9 Å². The van der Waals surface area contributed by atoms with Crippen LogP contribution in [0.3, 0.4) is 0 Å². The summed E-state index contributed by atoms with van der Waals surface area (Å²) in [7, 11) is 0. The minimum absolute atomic E-state index is 0.677. The van der Waals surface area contributed by atoms with Crippen LogP contribution in [0.1, 0.15) is 12.5 Å². The largest absolute Gasteiger partial charge is 0.494 e. The first-order chi connectivity index (χ1) is 5.65. The molecule has 1 rings (SSSR count). The Morgan fingerprint density at radius 3 is 2.67 bits per heavy atom. The Balaban J connectivity index is 3.04. The molecule has 0 aliphatic heterocycles. The summed E-state index contributed by atoms with van der Waals surface area (Å²) in [5.41, 5.74) is 1.16. The molecule has 3 heteroatoms. The van der Waals surface area contributed by atoms with Gasteiger partial charge in [-0.15, -0.1) is 0 Å². The zero-order chi connectivity index (χ0) is 9.14. The van der Waals surface area contributed by atoms with Gasteiger partial charge in [0, 0.05) is 3.57 Å². The van der Waals surface area contributed by atoms with Crippen molar-refractivity contribution in [2.75, 3.05) is 6.61 Å². The molecule has 0 atom stereocenters. The molecule has 0 saturated heterocycles. The van der Waals surface area contributed by atoms with E-state index >= 15 is 0 Å². The second-order valence-electron chi connectivity index (χ2n) is 2.47. The van der Waals surface area contributed by atoms with E-state index in [1.54, 1.807) is 0 Å². The summed E-state index contributed by atoms with van der Waals surface area (Å²) < 4.78 is 6.43. The van der Waals surface area contributed by atoms with Crippen LogP contribution in [0, 0.1) is 10.5 Å². The zero-order valence-electron chi connectivity index (χ0n) is 7.03. The summed E-state index contributed by atoms with van der Waals surface area (Å²) in [5.74, 6) is 0.848. The van der Waals surface area contributed by atoms with Gasteiger partial charge in [-0.25, -0.2) is 0 Å². The van der Waals surface area contributed by atoms with E-state index in [1.165, 1.54) is 0 Å². The van der Waals surface area contributed by atoms with Crippen LogP contribution in [0.15, 0.2) is 12.1 Å². The lowest BCUT2D eigenvalue weighted by Gasteiger charge is -2.06. The predicted molar refractivity (Wildman–Crippen MR) is 60.1 cm³/mol. The highest BCUT2D eigenvalue weighted by molar-refractivity contribution is 14.1. The first-order valence-electron chi connectivity index (χ1n) is 3.73. The molecule has 0 heterocycles. The van der Waals surface area contributed by atoms with Crippen molar-refractivity contribution < 1.29 is 4.74 Å². The molecule has 0 aliphatic carbocycles. The first kappa shape index (κ1) is 10.1. The van der Waals surface area contributed by atoms with E-state index in [9.17, 15) is 0 Å². The van der Waals surface area contributed by atoms with Gasteiger partial charge in [0.2, 0.25) is 0 Å². The van der Waals surface area contributed by atoms with Crippen molar-refractivity contribution in [3.8, 4) is 5.75 Å². The van der Waals surface area contributed by atoms with E-state index in [4.69, 9.17) is 16.3 Å². The molecular weight excluding hydrogens is 286 g/mol. The molecule has 0 fully saturated rings. The molecule has 1 aromatic rings. The van der Waals surface area contributed by atoms with Gasteiger partial charge in [-0.2, -0.15) is 0 Å². The van der Waals surface area contributed by atoms with Gasteiger partial charge in [-0.1, -0.05) is 11.6 Å². The molecular formula is C9H10ClIO. The standard InChI is InChI=1S/C9H10ClIO/c1-3-12-7-4-6(2)9(11)8(10)5-7/h4-5H,3H2,1-2H3. The molecule has 0 saturated carbocycles. The van der Waals surface area contributed by atoms with Crippen LogP contribution in [0.2, 0.25) is 5.02 Å². The third kappa shape index (κ3) is 2.26. The number of rotatable bonds is 2. The molecule has 0 amide bonds. The van der Waals surface area contributed by atoms with Crippen LogP contribution in [0.5, 0.6) is 5.75 Å². The van der Waals surface area contributed by atoms with E-state index < -0.39 is 0 Å². The molecule has 0 N–H and O–H groups in total. The number of ether oxygens (including phenoxy) is 1. The predicted octanol–water partition coefficient (Wildman–Crippen LogP) is 3.65. The Kier molecular flexibility index (Phi) is 3.65. The van der Waals surface area contributed by atoms with Crippen LogP contribution in [0.4, 0.5) is 0 Å². The maximum Gasteiger partial charge on any atom is 0.121 e. The summed E-state index contributed by atoms with van der Waals surface area (Å²) in [4.78, 5) is 0. The average molecular weight is 297 g/mol. The minimum atomic E-state index is 0.677. The van der Waals surface area contributed by atoms with Crippen molar-refractivity contribution >= 4 is 34.2 Å². The topological polar surface area (TPSA) is 9.23 Å². The van der Waals surface area contributed by atoms with Gasteiger partial charge in [0.1, 0.15) is 5.75 Å². The maximum atomic E-state index is 5.97. The molecule has 0 aromatic heterocycles. The van der Waals surface area contributed by atoms with Crippen LogP contribution >= 0.6 is 34.2 Å². The van der Waals surface area contributed by atoms with Crippen LogP contribution in [-0.4, -0.2) is 6.61 Å². The quantitative estimate of drug-likeness (QED) is 0.757. The van der Waals surface area contributed by atoms with Crippen molar-refractivity contribution in [3.63, 3.8) is 0 Å². The van der Waals surface area contributed by atoms with Gasteiger partial charge in [0.15, 0.2) is 0 Å². The highest BCUT2D eigenvalue weighted by Gasteiger charge is 2.03. The van der Waals surface area contributed by atoms with Crippen molar-refractivity contribution in [2.24, 2.45) is 0 Å². The number of aryl methyl sites for hydroxylation is 1.